The highest BCUT2D eigenvalue weighted by molar-refractivity contribution is 5.79. The van der Waals surface area contributed by atoms with E-state index in [1.807, 2.05) is 56.6 Å². The Kier molecular flexibility index (Phi) is 4.62. The number of nitrogens with zero attached hydrogens (tertiary/aromatic N) is 2. The molecule has 0 aliphatic heterocycles. The lowest BCUT2D eigenvalue weighted by Gasteiger charge is -2.42. The third kappa shape index (κ3) is 3.20. The number of fused-ring (bicyclic) bond motifs is 2. The predicted octanol–water partition coefficient (Wildman–Crippen LogP) is 3.72. The smallest absolute Gasteiger partial charge is 0.119 e. The molecule has 1 aliphatic rings. The van der Waals surface area contributed by atoms with Gasteiger partial charge in [-0.05, 0) is 62.3 Å². The Morgan fingerprint density at radius 2 is 1.96 bits per heavy atom. The van der Waals surface area contributed by atoms with Crippen molar-refractivity contribution < 1.29 is 9.84 Å². The Morgan fingerprint density at radius 3 is 2.74 bits per heavy atom. The first-order valence-electron chi connectivity index (χ1n) is 9.41. The van der Waals surface area contributed by atoms with E-state index in [-0.39, 0.29) is 5.92 Å². The zero-order valence-electron chi connectivity index (χ0n) is 16.1. The van der Waals surface area contributed by atoms with Gasteiger partial charge in [0.2, 0.25) is 0 Å². The molecule has 0 spiro atoms. The number of benzene rings is 2. The minimum Gasteiger partial charge on any atom is -0.497 e. The van der Waals surface area contributed by atoms with Gasteiger partial charge in [0.15, 0.2) is 0 Å². The van der Waals surface area contributed by atoms with E-state index >= 15 is 0 Å². The van der Waals surface area contributed by atoms with Crippen LogP contribution < -0.4 is 4.74 Å². The second-order valence-corrected chi connectivity index (χ2v) is 7.70. The van der Waals surface area contributed by atoms with Crippen LogP contribution in [-0.2, 0) is 12.0 Å². The molecule has 1 aromatic heterocycles. The molecule has 0 fully saturated rings. The summed E-state index contributed by atoms with van der Waals surface area (Å²) in [5.74, 6) is 0.662. The van der Waals surface area contributed by atoms with Gasteiger partial charge in [-0.25, -0.2) is 0 Å². The van der Waals surface area contributed by atoms with E-state index in [4.69, 9.17) is 9.72 Å². The minimum absolute atomic E-state index is 0.104. The second kappa shape index (κ2) is 6.95. The molecule has 0 amide bonds. The molecule has 0 saturated heterocycles. The Balaban J connectivity index is 1.87. The van der Waals surface area contributed by atoms with Crippen LogP contribution in [0.25, 0.3) is 10.9 Å². The van der Waals surface area contributed by atoms with Gasteiger partial charge in [0, 0.05) is 17.8 Å². The zero-order chi connectivity index (χ0) is 19.0. The molecule has 0 saturated carbocycles. The summed E-state index contributed by atoms with van der Waals surface area (Å²) in [4.78, 5) is 7.12. The molecule has 0 bridgehead atoms. The van der Waals surface area contributed by atoms with Gasteiger partial charge in [0.1, 0.15) is 5.75 Å². The maximum Gasteiger partial charge on any atom is 0.119 e. The molecular weight excluding hydrogens is 336 g/mol. The summed E-state index contributed by atoms with van der Waals surface area (Å²) >= 11 is 0. The lowest BCUT2D eigenvalue weighted by atomic mass is 9.70. The lowest BCUT2D eigenvalue weighted by Crippen LogP contribution is -2.43. The number of rotatable bonds is 4. The largest absolute Gasteiger partial charge is 0.497 e. The van der Waals surface area contributed by atoms with Gasteiger partial charge in [0.25, 0.3) is 0 Å². The highest BCUT2D eigenvalue weighted by Gasteiger charge is 2.44. The van der Waals surface area contributed by atoms with Crippen LogP contribution in [0.5, 0.6) is 5.75 Å². The van der Waals surface area contributed by atoms with Gasteiger partial charge < -0.3 is 14.7 Å². The molecule has 0 radical (unpaired) electrons. The van der Waals surface area contributed by atoms with Gasteiger partial charge in [-0.15, -0.1) is 0 Å². The van der Waals surface area contributed by atoms with Gasteiger partial charge in [-0.3, -0.25) is 4.98 Å². The number of para-hydroxylation sites is 1. The monoisotopic (exact) mass is 362 g/mol. The number of aromatic nitrogens is 1. The van der Waals surface area contributed by atoms with Crippen LogP contribution in [0.4, 0.5) is 0 Å². The summed E-state index contributed by atoms with van der Waals surface area (Å²) in [6, 6.07) is 18.3. The lowest BCUT2D eigenvalue weighted by molar-refractivity contribution is -0.0167. The number of aliphatic hydroxyl groups is 1. The van der Waals surface area contributed by atoms with E-state index in [0.717, 1.165) is 40.9 Å². The predicted molar refractivity (Wildman–Crippen MR) is 108 cm³/mol. The van der Waals surface area contributed by atoms with E-state index in [1.165, 1.54) is 5.56 Å². The number of aryl methyl sites for hydroxylation is 1. The normalized spacial score (nSPS) is 22.0. The average Bonchev–Trinajstić information content (AvgIpc) is 2.69. The molecule has 2 aromatic carbocycles. The van der Waals surface area contributed by atoms with Crippen molar-refractivity contribution in [2.75, 3.05) is 27.7 Å². The van der Waals surface area contributed by atoms with Crippen LogP contribution in [0.3, 0.4) is 0 Å². The first kappa shape index (κ1) is 18.0. The molecule has 4 nitrogen and oxygen atoms in total. The van der Waals surface area contributed by atoms with Crippen LogP contribution in [0.2, 0.25) is 0 Å². The molecule has 27 heavy (non-hydrogen) atoms. The van der Waals surface area contributed by atoms with Crippen molar-refractivity contribution in [1.82, 2.24) is 9.88 Å². The third-order valence-corrected chi connectivity index (χ3v) is 5.64. The SMILES string of the molecule is COc1cccc([C@]2(O)CCc3cc4ccccc4nc3[C@@H]2CN(C)C)c1. The zero-order valence-corrected chi connectivity index (χ0v) is 16.1. The minimum atomic E-state index is -0.971. The van der Waals surface area contributed by atoms with E-state index in [1.54, 1.807) is 7.11 Å². The summed E-state index contributed by atoms with van der Waals surface area (Å²) in [7, 11) is 5.74. The van der Waals surface area contributed by atoms with Crippen LogP contribution in [0.15, 0.2) is 54.6 Å². The molecular formula is C23H26N2O2. The van der Waals surface area contributed by atoms with E-state index in [2.05, 4.69) is 17.0 Å². The van der Waals surface area contributed by atoms with Crippen molar-refractivity contribution in [1.29, 1.82) is 0 Å². The van der Waals surface area contributed by atoms with E-state index in [9.17, 15) is 5.11 Å². The van der Waals surface area contributed by atoms with Crippen molar-refractivity contribution in [2.45, 2.75) is 24.4 Å². The molecule has 3 aromatic rings. The number of pyridine rings is 1. The van der Waals surface area contributed by atoms with Gasteiger partial charge in [-0.1, -0.05) is 30.3 Å². The molecule has 4 rings (SSSR count). The Morgan fingerprint density at radius 1 is 1.15 bits per heavy atom. The second-order valence-electron chi connectivity index (χ2n) is 7.70. The fourth-order valence-corrected chi connectivity index (χ4v) is 4.24. The standard InChI is InChI=1S/C23H26N2O2/c1-25(2)15-20-22-17(13-16-7-4-5-10-21(16)24-22)11-12-23(20,26)18-8-6-9-19(14-18)27-3/h4-10,13-14,20,26H,11-12,15H2,1-3H3/t20-,23+/m0/s1. The fraction of sp³-hybridized carbons (Fsp3) is 0.348. The van der Waals surface area contributed by atoms with Crippen LogP contribution in [-0.4, -0.2) is 42.7 Å². The van der Waals surface area contributed by atoms with Crippen molar-refractivity contribution in [2.24, 2.45) is 0 Å². The first-order chi connectivity index (χ1) is 13.0. The number of hydrogen-bond acceptors (Lipinski definition) is 4. The summed E-state index contributed by atoms with van der Waals surface area (Å²) < 4.78 is 5.40. The molecule has 1 N–H and O–H groups in total. The van der Waals surface area contributed by atoms with Crippen molar-refractivity contribution in [3.05, 3.63) is 71.4 Å². The maximum absolute atomic E-state index is 11.9. The fourth-order valence-electron chi connectivity index (χ4n) is 4.24. The first-order valence-corrected chi connectivity index (χ1v) is 9.41. The molecule has 0 unspecified atom stereocenters. The molecule has 2 atom stereocenters. The summed E-state index contributed by atoms with van der Waals surface area (Å²) in [5.41, 5.74) is 3.16. The summed E-state index contributed by atoms with van der Waals surface area (Å²) in [6.45, 7) is 0.728. The number of methoxy groups -OCH3 is 1. The summed E-state index contributed by atoms with van der Waals surface area (Å²) in [6.07, 6.45) is 1.48. The van der Waals surface area contributed by atoms with Gasteiger partial charge in [0.05, 0.1) is 23.9 Å². The number of ether oxygens (including phenoxy) is 1. The highest BCUT2D eigenvalue weighted by atomic mass is 16.5. The average molecular weight is 362 g/mol. The van der Waals surface area contributed by atoms with Crippen LogP contribution in [0, 0.1) is 0 Å². The Bertz CT molecular complexity index is 970. The topological polar surface area (TPSA) is 45.6 Å². The summed E-state index contributed by atoms with van der Waals surface area (Å²) in [5, 5.41) is 13.0. The van der Waals surface area contributed by atoms with Crippen molar-refractivity contribution >= 4 is 10.9 Å². The number of hydrogen-bond donors (Lipinski definition) is 1. The van der Waals surface area contributed by atoms with Gasteiger partial charge in [-0.2, -0.15) is 0 Å². The molecule has 140 valence electrons. The van der Waals surface area contributed by atoms with Crippen LogP contribution in [0.1, 0.15) is 29.2 Å². The molecule has 1 heterocycles. The Hall–Kier alpha value is -2.43. The quantitative estimate of drug-likeness (QED) is 0.768. The number of likely N-dealkylation sites (N-methyl/N-ethyl adjacent to an activating group) is 1. The Labute approximate surface area is 160 Å². The molecule has 1 aliphatic carbocycles. The molecule has 4 heteroatoms. The van der Waals surface area contributed by atoms with E-state index < -0.39 is 5.60 Å². The van der Waals surface area contributed by atoms with Crippen molar-refractivity contribution in [3.63, 3.8) is 0 Å². The van der Waals surface area contributed by atoms with E-state index in [0.29, 0.717) is 6.42 Å². The highest BCUT2D eigenvalue weighted by Crippen LogP contribution is 2.46. The third-order valence-electron chi connectivity index (χ3n) is 5.64. The van der Waals surface area contributed by atoms with Crippen molar-refractivity contribution in [3.8, 4) is 5.75 Å². The maximum atomic E-state index is 11.9. The van der Waals surface area contributed by atoms with Gasteiger partial charge >= 0.3 is 0 Å². The van der Waals surface area contributed by atoms with Crippen LogP contribution >= 0.6 is 0 Å².